The number of phenolic OH excluding ortho intramolecular Hbond substituents is 1. The van der Waals surface area contributed by atoms with Gasteiger partial charge in [-0.3, -0.25) is 0 Å². The van der Waals surface area contributed by atoms with E-state index in [1.807, 2.05) is 24.5 Å². The standard InChI is InChI=1S/C18H26N2O2Si/c1-14(22-23(2,3)4)6-5-7-18-19-12-16(13-20-18)15-8-10-17(21)11-9-15/h8-14,21H,5-7H2,1-4H3. The highest BCUT2D eigenvalue weighted by atomic mass is 28.4. The van der Waals surface area contributed by atoms with Crippen molar-refractivity contribution in [3.05, 3.63) is 42.5 Å². The van der Waals surface area contributed by atoms with Crippen molar-refractivity contribution in [1.29, 1.82) is 0 Å². The van der Waals surface area contributed by atoms with Crippen LogP contribution in [0, 0.1) is 0 Å². The normalized spacial score (nSPS) is 13.0. The van der Waals surface area contributed by atoms with Crippen LogP contribution in [0.3, 0.4) is 0 Å². The molecule has 0 spiro atoms. The number of benzene rings is 1. The summed E-state index contributed by atoms with van der Waals surface area (Å²) in [5.74, 6) is 1.13. The first-order valence-corrected chi connectivity index (χ1v) is 11.5. The monoisotopic (exact) mass is 330 g/mol. The zero-order chi connectivity index (χ0) is 16.9. The van der Waals surface area contributed by atoms with Gasteiger partial charge in [0.2, 0.25) is 0 Å². The van der Waals surface area contributed by atoms with Gasteiger partial charge in [0.05, 0.1) is 0 Å². The van der Waals surface area contributed by atoms with Crippen LogP contribution in [0.4, 0.5) is 0 Å². The van der Waals surface area contributed by atoms with Crippen molar-refractivity contribution in [2.45, 2.75) is 51.9 Å². The summed E-state index contributed by atoms with van der Waals surface area (Å²) in [5, 5.41) is 9.32. The van der Waals surface area contributed by atoms with E-state index >= 15 is 0 Å². The maximum atomic E-state index is 9.32. The quantitative estimate of drug-likeness (QED) is 0.764. The third-order valence-electron chi connectivity index (χ3n) is 3.47. The summed E-state index contributed by atoms with van der Waals surface area (Å²) >= 11 is 0. The van der Waals surface area contributed by atoms with Crippen LogP contribution in [0.2, 0.25) is 19.6 Å². The van der Waals surface area contributed by atoms with Crippen LogP contribution < -0.4 is 0 Å². The molecule has 124 valence electrons. The van der Waals surface area contributed by atoms with Crippen molar-refractivity contribution in [2.24, 2.45) is 0 Å². The lowest BCUT2D eigenvalue weighted by Gasteiger charge is -2.23. The molecule has 1 aromatic carbocycles. The van der Waals surface area contributed by atoms with Crippen LogP contribution >= 0.6 is 0 Å². The minimum atomic E-state index is -1.45. The first kappa shape index (κ1) is 17.6. The summed E-state index contributed by atoms with van der Waals surface area (Å²) < 4.78 is 6.04. The van der Waals surface area contributed by atoms with E-state index in [4.69, 9.17) is 4.43 Å². The molecule has 0 aliphatic rings. The van der Waals surface area contributed by atoms with Crippen LogP contribution in [-0.2, 0) is 10.8 Å². The molecule has 0 bridgehead atoms. The zero-order valence-corrected chi connectivity index (χ0v) is 15.4. The van der Waals surface area contributed by atoms with Crippen LogP contribution in [0.1, 0.15) is 25.6 Å². The molecule has 5 heteroatoms. The molecule has 1 aromatic heterocycles. The Labute approximate surface area is 139 Å². The molecule has 0 amide bonds. The number of hydrogen-bond donors (Lipinski definition) is 1. The number of hydrogen-bond acceptors (Lipinski definition) is 4. The summed E-state index contributed by atoms with van der Waals surface area (Å²) in [5.41, 5.74) is 1.97. The molecule has 2 aromatic rings. The van der Waals surface area contributed by atoms with Gasteiger partial charge in [0, 0.05) is 30.5 Å². The Morgan fingerprint density at radius 1 is 1.04 bits per heavy atom. The summed E-state index contributed by atoms with van der Waals surface area (Å²) in [6, 6.07) is 7.07. The highest BCUT2D eigenvalue weighted by Gasteiger charge is 2.17. The molecule has 0 saturated heterocycles. The molecular formula is C18H26N2O2Si. The van der Waals surface area contributed by atoms with Gasteiger partial charge in [0.1, 0.15) is 11.6 Å². The second-order valence-corrected chi connectivity index (χ2v) is 11.3. The number of aromatic hydroxyl groups is 1. The van der Waals surface area contributed by atoms with E-state index in [-0.39, 0.29) is 5.75 Å². The van der Waals surface area contributed by atoms with Crippen molar-refractivity contribution in [2.75, 3.05) is 0 Å². The smallest absolute Gasteiger partial charge is 0.184 e. The summed E-state index contributed by atoms with van der Waals surface area (Å²) in [6.45, 7) is 8.80. The van der Waals surface area contributed by atoms with Crippen LogP contribution in [0.15, 0.2) is 36.7 Å². The van der Waals surface area contributed by atoms with Crippen molar-refractivity contribution in [1.82, 2.24) is 9.97 Å². The lowest BCUT2D eigenvalue weighted by atomic mass is 10.1. The molecule has 0 aliphatic carbocycles. The highest BCUT2D eigenvalue weighted by Crippen LogP contribution is 2.20. The Hall–Kier alpha value is -1.72. The van der Waals surface area contributed by atoms with Gasteiger partial charge in [0.15, 0.2) is 8.32 Å². The molecule has 1 N–H and O–H groups in total. The second kappa shape index (κ2) is 7.70. The van der Waals surface area contributed by atoms with Crippen molar-refractivity contribution in [3.63, 3.8) is 0 Å². The van der Waals surface area contributed by atoms with E-state index < -0.39 is 8.32 Å². The maximum Gasteiger partial charge on any atom is 0.184 e. The zero-order valence-electron chi connectivity index (χ0n) is 14.4. The summed E-state index contributed by atoms with van der Waals surface area (Å²) in [7, 11) is -1.45. The van der Waals surface area contributed by atoms with E-state index in [1.165, 1.54) is 0 Å². The third kappa shape index (κ3) is 6.12. The van der Waals surface area contributed by atoms with Crippen LogP contribution in [0.5, 0.6) is 5.75 Å². The van der Waals surface area contributed by atoms with Gasteiger partial charge in [-0.2, -0.15) is 0 Å². The fourth-order valence-electron chi connectivity index (χ4n) is 2.50. The Morgan fingerprint density at radius 2 is 1.65 bits per heavy atom. The fraction of sp³-hybridized carbons (Fsp3) is 0.444. The molecular weight excluding hydrogens is 304 g/mol. The molecule has 23 heavy (non-hydrogen) atoms. The van der Waals surface area contributed by atoms with E-state index in [2.05, 4.69) is 36.5 Å². The topological polar surface area (TPSA) is 55.2 Å². The Balaban J connectivity index is 1.84. The second-order valence-electron chi connectivity index (χ2n) is 6.87. The molecule has 0 radical (unpaired) electrons. The van der Waals surface area contributed by atoms with Gasteiger partial charge in [-0.1, -0.05) is 12.1 Å². The van der Waals surface area contributed by atoms with Gasteiger partial charge in [-0.05, 0) is 57.1 Å². The number of phenols is 1. The fourth-order valence-corrected chi connectivity index (χ4v) is 3.82. The van der Waals surface area contributed by atoms with Gasteiger partial charge in [-0.25, -0.2) is 9.97 Å². The average molecular weight is 331 g/mol. The SMILES string of the molecule is CC(CCCc1ncc(-c2ccc(O)cc2)cn1)O[Si](C)(C)C. The van der Waals surface area contributed by atoms with E-state index in [1.54, 1.807) is 12.1 Å². The molecule has 0 aliphatic heterocycles. The first-order chi connectivity index (χ1) is 10.8. The van der Waals surface area contributed by atoms with Crippen molar-refractivity contribution < 1.29 is 9.53 Å². The summed E-state index contributed by atoms with van der Waals surface area (Å²) in [6.07, 6.45) is 6.93. The van der Waals surface area contributed by atoms with Gasteiger partial charge in [-0.15, -0.1) is 0 Å². The van der Waals surface area contributed by atoms with Crippen LogP contribution in [-0.4, -0.2) is 29.5 Å². The van der Waals surface area contributed by atoms with Gasteiger partial charge >= 0.3 is 0 Å². The van der Waals surface area contributed by atoms with Gasteiger partial charge < -0.3 is 9.53 Å². The lowest BCUT2D eigenvalue weighted by molar-refractivity contribution is 0.200. The van der Waals surface area contributed by atoms with E-state index in [0.29, 0.717) is 6.10 Å². The predicted molar refractivity (Wildman–Crippen MR) is 96.0 cm³/mol. The molecule has 1 heterocycles. The first-order valence-electron chi connectivity index (χ1n) is 8.11. The Bertz CT molecular complexity index is 606. The number of nitrogens with zero attached hydrogens (tertiary/aromatic N) is 2. The van der Waals surface area contributed by atoms with Crippen LogP contribution in [0.25, 0.3) is 11.1 Å². The van der Waals surface area contributed by atoms with Gasteiger partial charge in [0.25, 0.3) is 0 Å². The third-order valence-corrected chi connectivity index (χ3v) is 4.58. The lowest BCUT2D eigenvalue weighted by Crippen LogP contribution is -2.30. The minimum absolute atomic E-state index is 0.265. The molecule has 0 saturated carbocycles. The molecule has 2 rings (SSSR count). The predicted octanol–water partition coefficient (Wildman–Crippen LogP) is 4.41. The van der Waals surface area contributed by atoms with Crippen molar-refractivity contribution in [3.8, 4) is 16.9 Å². The Morgan fingerprint density at radius 3 is 2.22 bits per heavy atom. The van der Waals surface area contributed by atoms with Crippen molar-refractivity contribution >= 4 is 8.32 Å². The highest BCUT2D eigenvalue weighted by molar-refractivity contribution is 6.69. The van der Waals surface area contributed by atoms with E-state index in [0.717, 1.165) is 36.2 Å². The summed E-state index contributed by atoms with van der Waals surface area (Å²) in [4.78, 5) is 8.89. The molecule has 4 nitrogen and oxygen atoms in total. The molecule has 0 fully saturated rings. The maximum absolute atomic E-state index is 9.32. The molecule has 1 atom stereocenters. The number of aromatic nitrogens is 2. The Kier molecular flexibility index (Phi) is 5.90. The minimum Gasteiger partial charge on any atom is -0.508 e. The molecule has 1 unspecified atom stereocenters. The number of aryl methyl sites for hydroxylation is 1. The average Bonchev–Trinajstić information content (AvgIpc) is 2.47. The van der Waals surface area contributed by atoms with E-state index in [9.17, 15) is 5.11 Å². The largest absolute Gasteiger partial charge is 0.508 e. The number of rotatable bonds is 7.